The van der Waals surface area contributed by atoms with Crippen molar-refractivity contribution >= 4 is 135 Å². The highest BCUT2D eigenvalue weighted by atomic mass is 35.5. The number of benzene rings is 10. The Hall–Kier alpha value is -10.9. The SMILES string of the molecule is CCOC(=O)N1CCN(c2ccccc2CNCC(=O)CCCSc2ccc(O)cc2)CC1.CN(C)CCOc1ccccc1CN(C)C(=O)CCCSc1ccc(F)cc1.CN(Cc1cccc(Cl)c1Cl)C(=O)CCCSc1ccc(F)cc1.CN(Cc1ccccc1C(=O)O)C(=O)CCCSc1ccc(O)cc1.COC(=O)c1ccccc1CN(C)C(=O)CCCSc1ccc(O)cc1. The van der Waals surface area contributed by atoms with Crippen LogP contribution in [0.15, 0.2) is 261 Å². The van der Waals surface area contributed by atoms with E-state index in [9.17, 15) is 67.6 Å². The van der Waals surface area contributed by atoms with Crippen LogP contribution in [0, 0.1) is 11.6 Å². The number of thioether (sulfide) groups is 5. The Balaban J connectivity index is 0.000000233. The molecule has 0 saturated carbocycles. The smallest absolute Gasteiger partial charge is 0.409 e. The number of carbonyl (C=O) groups excluding carboxylic acids is 7. The van der Waals surface area contributed by atoms with Crippen LogP contribution < -0.4 is 15.0 Å². The summed E-state index contributed by atoms with van der Waals surface area (Å²) in [4.78, 5) is 114. The van der Waals surface area contributed by atoms with Crippen molar-refractivity contribution in [2.75, 3.05) is 136 Å². The number of aromatic hydroxyl groups is 3. The third-order valence-electron chi connectivity index (χ3n) is 20.8. The number of rotatable bonds is 45. The van der Waals surface area contributed by atoms with Crippen molar-refractivity contribution in [2.24, 2.45) is 0 Å². The van der Waals surface area contributed by atoms with Gasteiger partial charge in [-0.3, -0.25) is 24.0 Å². The lowest BCUT2D eigenvalue weighted by molar-refractivity contribution is -0.131. The Morgan fingerprint density at radius 2 is 0.787 bits per heavy atom. The number of Topliss-reactive ketones (excluding diaryl/α,β-unsaturated/α-hetero) is 1. The van der Waals surface area contributed by atoms with Crippen LogP contribution in [0.25, 0.3) is 0 Å². The quantitative estimate of drug-likeness (QED) is 0.0135. The fourth-order valence-corrected chi connectivity index (χ4v) is 17.9. The summed E-state index contributed by atoms with van der Waals surface area (Å²) in [5, 5.41) is 41.3. The van der Waals surface area contributed by atoms with E-state index in [1.165, 1.54) is 31.4 Å². The number of anilines is 1. The molecule has 0 aliphatic carbocycles. The van der Waals surface area contributed by atoms with Gasteiger partial charge in [0.15, 0.2) is 0 Å². The number of hydrogen-bond donors (Lipinski definition) is 5. The minimum atomic E-state index is -0.984. The molecule has 1 saturated heterocycles. The standard InChI is InChI=1S/C25H33N3O4S.C22H29FN2O2S.C20H23NO4S.C19H21NO4S.C18H18Cl2FNOS/c1-2-32-25(31)28-15-13-27(14-16-28)24-8-4-3-6-20(24)18-26-19-22(30)7-5-17-33-23-11-9-21(29)10-12-23;1-24(2)14-15-27-21-8-5-4-7-18(21)17-25(3)22(26)9-6-16-28-20-12-10-19(23)11-13-20;1-21(14-15-6-3-4-7-18(15)20(24)25-2)19(23)8-5-13-26-17-11-9-16(22)10-12-17;1-20(13-14-5-2-3-6-17(14)19(23)24)18(22)7-4-12-25-16-10-8-15(21)9-11-16;1-22(12-13-4-2-5-16(19)18(13)20)17(23)6-3-11-24-15-9-7-14(21)8-10-15/h3-4,6,8-12,26,29H,2,5,7,13-19H2,1H3;4-5,7-8,10-13H,6,9,14-17H2,1-3H3;3-4,6-7,9-12,22H,5,8,13-14H2,1-2H3;2-3,5-6,8-11,21H,4,7,12-13H2,1H3,(H,23,24);2,4-5,7-10H,3,6,11-12H2,1H3. The van der Waals surface area contributed by atoms with E-state index in [0.29, 0.717) is 112 Å². The third kappa shape index (κ3) is 42.8. The van der Waals surface area contributed by atoms with E-state index in [1.807, 2.05) is 125 Å². The zero-order valence-electron chi connectivity index (χ0n) is 78.3. The summed E-state index contributed by atoms with van der Waals surface area (Å²) in [7, 11) is 12.4. The third-order valence-corrected chi connectivity index (χ3v) is 27.1. The Morgan fingerprint density at radius 3 is 1.21 bits per heavy atom. The van der Waals surface area contributed by atoms with E-state index in [2.05, 4.69) is 27.2 Å². The predicted molar refractivity (Wildman–Crippen MR) is 545 cm³/mol. The number of likely N-dealkylation sites (N-methyl/N-ethyl adjacent to an activating group) is 1. The van der Waals surface area contributed by atoms with Gasteiger partial charge in [0.25, 0.3) is 0 Å². The first kappa shape index (κ1) is 112. The van der Waals surface area contributed by atoms with Gasteiger partial charge in [0.05, 0.1) is 41.4 Å². The van der Waals surface area contributed by atoms with Gasteiger partial charge in [-0.15, -0.1) is 58.8 Å². The van der Waals surface area contributed by atoms with Gasteiger partial charge in [-0.2, -0.15) is 0 Å². The number of piperazine rings is 1. The second-order valence-electron chi connectivity index (χ2n) is 31.7. The Kier molecular flexibility index (Phi) is 51.7. The minimum absolute atomic E-state index is 0.00787. The first-order valence-electron chi connectivity index (χ1n) is 44.7. The highest BCUT2D eigenvalue weighted by Gasteiger charge is 2.25. The zero-order chi connectivity index (χ0) is 98.5. The topological polar surface area (TPSA) is 280 Å². The largest absolute Gasteiger partial charge is 0.508 e. The van der Waals surface area contributed by atoms with E-state index in [1.54, 1.807) is 208 Å². The van der Waals surface area contributed by atoms with E-state index >= 15 is 0 Å². The summed E-state index contributed by atoms with van der Waals surface area (Å²) in [6, 6.07) is 69.3. The van der Waals surface area contributed by atoms with Crippen molar-refractivity contribution in [3.05, 3.63) is 297 Å². The van der Waals surface area contributed by atoms with Gasteiger partial charge < -0.3 is 74.3 Å². The number of esters is 1. The maximum Gasteiger partial charge on any atom is 0.409 e. The summed E-state index contributed by atoms with van der Waals surface area (Å²) in [5.74, 6) is 4.28. The molecule has 10 aromatic carbocycles. The molecule has 0 atom stereocenters. The van der Waals surface area contributed by atoms with Crippen molar-refractivity contribution in [3.8, 4) is 23.0 Å². The fraction of sp³-hybridized carbons (Fsp3) is 0.346. The van der Waals surface area contributed by atoms with Crippen LogP contribution in [0.5, 0.6) is 23.0 Å². The molecule has 0 aromatic heterocycles. The van der Waals surface area contributed by atoms with Crippen LogP contribution in [0.1, 0.15) is 120 Å². The molecule has 10 aromatic rings. The molecule has 1 aliphatic heterocycles. The van der Waals surface area contributed by atoms with Crippen LogP contribution in [0.3, 0.4) is 0 Å². The normalized spacial score (nSPS) is 11.4. The molecule has 1 fully saturated rings. The van der Waals surface area contributed by atoms with Crippen LogP contribution >= 0.6 is 82.0 Å². The molecule has 0 bridgehead atoms. The number of methoxy groups -OCH3 is 1. The van der Waals surface area contributed by atoms with Gasteiger partial charge in [-0.05, 0) is 256 Å². The number of phenols is 3. The Morgan fingerprint density at radius 1 is 0.426 bits per heavy atom. The van der Waals surface area contributed by atoms with Gasteiger partial charge in [-0.25, -0.2) is 23.2 Å². The molecular weight excluding hydrogens is 1870 g/mol. The number of carboxylic acid groups (broad SMARTS) is 1. The molecule has 728 valence electrons. The molecule has 136 heavy (non-hydrogen) atoms. The highest BCUT2D eigenvalue weighted by molar-refractivity contribution is 8.00. The molecule has 11 rings (SSSR count). The molecule has 5 N–H and O–H groups in total. The summed E-state index contributed by atoms with van der Waals surface area (Å²) in [5.41, 5.74) is 6.25. The summed E-state index contributed by atoms with van der Waals surface area (Å²) in [6.07, 6.45) is 5.98. The number of ketones is 1. The fourth-order valence-electron chi connectivity index (χ4n) is 13.3. The number of aromatic carboxylic acids is 1. The lowest BCUT2D eigenvalue weighted by atomic mass is 10.1. The van der Waals surface area contributed by atoms with E-state index < -0.39 is 11.9 Å². The van der Waals surface area contributed by atoms with Gasteiger partial charge in [0.1, 0.15) is 47.0 Å². The summed E-state index contributed by atoms with van der Waals surface area (Å²) < 4.78 is 41.5. The second kappa shape index (κ2) is 62.7. The molecule has 0 spiro atoms. The summed E-state index contributed by atoms with van der Waals surface area (Å²) >= 11 is 20.4. The molecule has 23 nitrogen and oxygen atoms in total. The predicted octanol–water partition coefficient (Wildman–Crippen LogP) is 21.2. The molecule has 32 heteroatoms. The zero-order valence-corrected chi connectivity index (χ0v) is 83.9. The first-order chi connectivity index (χ1) is 65.5. The second-order valence-corrected chi connectivity index (χ2v) is 38.3. The molecule has 1 heterocycles. The number of nitrogens with zero attached hydrogens (tertiary/aromatic N) is 7. The maximum atomic E-state index is 12.9. The average Bonchev–Trinajstić information content (AvgIpc) is 0.818. The van der Waals surface area contributed by atoms with E-state index in [0.717, 1.165) is 139 Å². The monoisotopic (exact) mass is 1990 g/mol. The molecule has 0 radical (unpaired) electrons. The van der Waals surface area contributed by atoms with Crippen molar-refractivity contribution in [1.29, 1.82) is 0 Å². The van der Waals surface area contributed by atoms with Gasteiger partial charge >= 0.3 is 18.0 Å². The minimum Gasteiger partial charge on any atom is -0.508 e. The van der Waals surface area contributed by atoms with Gasteiger partial charge in [-0.1, -0.05) is 108 Å². The van der Waals surface area contributed by atoms with Crippen LogP contribution in [0.4, 0.5) is 19.3 Å². The molecule has 5 amide bonds. The molecule has 0 unspecified atom stereocenters. The van der Waals surface area contributed by atoms with Crippen molar-refractivity contribution in [3.63, 3.8) is 0 Å². The van der Waals surface area contributed by atoms with Crippen LogP contribution in [-0.4, -0.2) is 228 Å². The Labute approximate surface area is 829 Å². The van der Waals surface area contributed by atoms with Gasteiger partial charge in [0.2, 0.25) is 23.6 Å². The van der Waals surface area contributed by atoms with Gasteiger partial charge in [0, 0.05) is 161 Å². The first-order valence-corrected chi connectivity index (χ1v) is 50.4. The highest BCUT2D eigenvalue weighted by Crippen LogP contribution is 2.31. The number of carbonyl (C=O) groups is 8. The van der Waals surface area contributed by atoms with E-state index in [-0.39, 0.29) is 76.5 Å². The van der Waals surface area contributed by atoms with Crippen molar-refractivity contribution in [2.45, 2.75) is 128 Å². The number of phenolic OH excluding ortho intramolecular Hbond substituents is 3. The van der Waals surface area contributed by atoms with Crippen LogP contribution in [-0.2, 0) is 66.2 Å². The Bertz CT molecular complexity index is 5330. The number of ether oxygens (including phenoxy) is 3. The van der Waals surface area contributed by atoms with Crippen molar-refractivity contribution in [1.82, 2.24) is 34.7 Å². The van der Waals surface area contributed by atoms with Crippen molar-refractivity contribution < 1.29 is 81.8 Å². The number of amides is 5. The molecule has 1 aliphatic rings. The van der Waals surface area contributed by atoms with Crippen LogP contribution in [0.2, 0.25) is 10.0 Å². The van der Waals surface area contributed by atoms with E-state index in [4.69, 9.17) is 37.4 Å². The lowest BCUT2D eigenvalue weighted by Gasteiger charge is -2.36. The number of nitrogens with one attached hydrogen (secondary N) is 1. The lowest BCUT2D eigenvalue weighted by Crippen LogP contribution is -2.49. The molecular formula is C104H124Cl2F2N8O15S5. The number of para-hydroxylation sites is 2. The number of halogens is 4. The number of carboxylic acids is 1. The average molecular weight is 2000 g/mol. The number of hydrogen-bond acceptors (Lipinski definition) is 22. The summed E-state index contributed by atoms with van der Waals surface area (Å²) in [6.45, 7) is 9.06. The maximum absolute atomic E-state index is 12.9.